The summed E-state index contributed by atoms with van der Waals surface area (Å²) in [7, 11) is 0. The fourth-order valence-electron chi connectivity index (χ4n) is 9.03. The van der Waals surface area contributed by atoms with Crippen molar-refractivity contribution in [2.24, 2.45) is 0 Å². The van der Waals surface area contributed by atoms with Crippen molar-refractivity contribution in [2.45, 2.75) is 0 Å². The van der Waals surface area contributed by atoms with Gasteiger partial charge in [-0.05, 0) is 78.5 Å². The largest absolute Gasteiger partial charge is 0.278 e. The van der Waals surface area contributed by atoms with Crippen molar-refractivity contribution in [3.63, 3.8) is 0 Å². The number of rotatable bonds is 3. The van der Waals surface area contributed by atoms with Gasteiger partial charge in [-0.25, -0.2) is 9.97 Å². The van der Waals surface area contributed by atoms with Gasteiger partial charge >= 0.3 is 0 Å². The first-order valence-corrected chi connectivity index (χ1v) is 18.8. The van der Waals surface area contributed by atoms with Crippen LogP contribution in [0.4, 0.5) is 0 Å². The van der Waals surface area contributed by atoms with Gasteiger partial charge < -0.3 is 0 Å². The van der Waals surface area contributed by atoms with Crippen LogP contribution < -0.4 is 0 Å². The number of fused-ring (bicyclic) bond motifs is 14. The molecule has 12 rings (SSSR count). The van der Waals surface area contributed by atoms with Crippen LogP contribution in [-0.2, 0) is 0 Å². The number of hydrogen-bond acceptors (Lipinski definition) is 2. The summed E-state index contributed by atoms with van der Waals surface area (Å²) in [6, 6.07) is 67.9. The average molecular weight is 698 g/mol. The van der Waals surface area contributed by atoms with Gasteiger partial charge in [0.1, 0.15) is 0 Å². The highest BCUT2D eigenvalue weighted by Gasteiger charge is 2.22. The van der Waals surface area contributed by atoms with E-state index in [2.05, 4.69) is 193 Å². The van der Waals surface area contributed by atoms with E-state index in [-0.39, 0.29) is 0 Å². The lowest BCUT2D eigenvalue weighted by Crippen LogP contribution is -2.04. The van der Waals surface area contributed by atoms with Gasteiger partial charge in [-0.2, -0.15) is 0 Å². The van der Waals surface area contributed by atoms with Crippen molar-refractivity contribution >= 4 is 86.6 Å². The van der Waals surface area contributed by atoms with E-state index in [0.717, 1.165) is 44.0 Å². The van der Waals surface area contributed by atoms with E-state index >= 15 is 0 Å². The fourth-order valence-corrected chi connectivity index (χ4v) is 9.03. The van der Waals surface area contributed by atoms with Crippen molar-refractivity contribution < 1.29 is 0 Å². The summed E-state index contributed by atoms with van der Waals surface area (Å²) in [5.74, 6) is 0.658. The highest BCUT2D eigenvalue weighted by atomic mass is 15.2. The smallest absolute Gasteiger partial charge is 0.235 e. The van der Waals surface area contributed by atoms with Crippen molar-refractivity contribution in [3.8, 4) is 28.3 Å². The van der Waals surface area contributed by atoms with E-state index in [1.165, 1.54) is 65.0 Å². The van der Waals surface area contributed by atoms with Crippen LogP contribution in [0, 0.1) is 0 Å². The summed E-state index contributed by atoms with van der Waals surface area (Å²) in [6.07, 6.45) is 0. The van der Waals surface area contributed by atoms with Crippen molar-refractivity contribution in [2.75, 3.05) is 0 Å². The summed E-state index contributed by atoms with van der Waals surface area (Å²) in [5.41, 5.74) is 7.45. The molecule has 0 saturated heterocycles. The maximum atomic E-state index is 5.55. The Morgan fingerprint density at radius 2 is 0.855 bits per heavy atom. The van der Waals surface area contributed by atoms with Crippen molar-refractivity contribution in [3.05, 3.63) is 188 Å². The molecule has 254 valence electrons. The Kier molecular flexibility index (Phi) is 6.34. The molecular formula is C52H31N3. The maximum Gasteiger partial charge on any atom is 0.235 e. The highest BCUT2D eigenvalue weighted by molar-refractivity contribution is 6.35. The predicted octanol–water partition coefficient (Wildman–Crippen LogP) is 13.8. The Labute approximate surface area is 316 Å². The third-order valence-electron chi connectivity index (χ3n) is 11.5. The standard InChI is InChI=1S/C52H31N3/c1-2-12-32(13-3-1)33-22-24-35(25-23-33)50-44-27-26-34-14-6-7-17-38(34)51(44)54-52(53-50)55-46-29-28-43-41-20-9-8-18-39(41)40-19-10-11-21-42(40)48(43)49(46)45-30-36-15-4-5-16-37(36)31-47(45)55/h1-31H. The molecule has 0 aliphatic heterocycles. The first-order chi connectivity index (χ1) is 27.3. The second-order valence-electron chi connectivity index (χ2n) is 14.5. The average Bonchev–Trinajstić information content (AvgIpc) is 3.58. The molecule has 0 spiro atoms. The van der Waals surface area contributed by atoms with Crippen LogP contribution in [-0.4, -0.2) is 14.5 Å². The highest BCUT2D eigenvalue weighted by Crippen LogP contribution is 2.44. The molecular weight excluding hydrogens is 667 g/mol. The number of benzene rings is 10. The van der Waals surface area contributed by atoms with Gasteiger partial charge in [-0.3, -0.25) is 4.57 Å². The van der Waals surface area contributed by atoms with Crippen LogP contribution in [0.3, 0.4) is 0 Å². The van der Waals surface area contributed by atoms with Crippen molar-refractivity contribution in [1.82, 2.24) is 14.5 Å². The molecule has 0 bridgehead atoms. The van der Waals surface area contributed by atoms with Crippen LogP contribution in [0.25, 0.3) is 115 Å². The minimum absolute atomic E-state index is 0.658. The van der Waals surface area contributed by atoms with E-state index < -0.39 is 0 Å². The summed E-state index contributed by atoms with van der Waals surface area (Å²) < 4.78 is 2.31. The quantitative estimate of drug-likeness (QED) is 0.172. The SMILES string of the molecule is c1ccc(-c2ccc(-c3nc(-n4c5cc6ccccc6cc5c5c6c7ccccc7c7ccccc7c6ccc54)nc4c3ccc3ccccc34)cc2)cc1. The number of aromatic nitrogens is 3. The molecule has 10 aromatic carbocycles. The molecule has 12 aromatic rings. The van der Waals surface area contributed by atoms with Gasteiger partial charge in [0, 0.05) is 32.5 Å². The first kappa shape index (κ1) is 30.1. The molecule has 3 heteroatoms. The molecule has 0 amide bonds. The fraction of sp³-hybridized carbons (Fsp3) is 0. The molecule has 55 heavy (non-hydrogen) atoms. The Morgan fingerprint density at radius 3 is 1.60 bits per heavy atom. The monoisotopic (exact) mass is 697 g/mol. The second kappa shape index (κ2) is 11.6. The zero-order valence-electron chi connectivity index (χ0n) is 29.7. The molecule has 0 aliphatic rings. The molecule has 0 N–H and O–H groups in total. The van der Waals surface area contributed by atoms with Crippen LogP contribution >= 0.6 is 0 Å². The molecule has 2 heterocycles. The molecule has 0 aliphatic carbocycles. The number of hydrogen-bond donors (Lipinski definition) is 0. The topological polar surface area (TPSA) is 30.7 Å². The zero-order chi connectivity index (χ0) is 36.0. The summed E-state index contributed by atoms with van der Waals surface area (Å²) in [4.78, 5) is 11.1. The normalized spacial score (nSPS) is 12.0. The van der Waals surface area contributed by atoms with E-state index in [4.69, 9.17) is 9.97 Å². The molecule has 0 radical (unpaired) electrons. The van der Waals surface area contributed by atoms with Crippen LogP contribution in [0.5, 0.6) is 0 Å². The Morgan fingerprint density at radius 1 is 0.309 bits per heavy atom. The van der Waals surface area contributed by atoms with Crippen LogP contribution in [0.2, 0.25) is 0 Å². The number of nitrogens with zero attached hydrogens (tertiary/aromatic N) is 3. The Bertz CT molecular complexity index is 3490. The van der Waals surface area contributed by atoms with Gasteiger partial charge in [-0.15, -0.1) is 0 Å². The van der Waals surface area contributed by atoms with Gasteiger partial charge in [0.05, 0.1) is 22.2 Å². The Hall–Kier alpha value is -7.36. The molecule has 3 nitrogen and oxygen atoms in total. The molecule has 0 unspecified atom stereocenters. The summed E-state index contributed by atoms with van der Waals surface area (Å²) in [5, 5.41) is 15.6. The first-order valence-electron chi connectivity index (χ1n) is 18.8. The van der Waals surface area contributed by atoms with E-state index in [0.29, 0.717) is 5.95 Å². The molecule has 0 saturated carbocycles. The molecule has 0 fully saturated rings. The lowest BCUT2D eigenvalue weighted by Gasteiger charge is -2.14. The minimum Gasteiger partial charge on any atom is -0.278 e. The lowest BCUT2D eigenvalue weighted by molar-refractivity contribution is 1.02. The summed E-state index contributed by atoms with van der Waals surface area (Å²) >= 11 is 0. The third kappa shape index (κ3) is 4.44. The van der Waals surface area contributed by atoms with Gasteiger partial charge in [-0.1, -0.05) is 164 Å². The van der Waals surface area contributed by atoms with E-state index in [9.17, 15) is 0 Å². The van der Waals surface area contributed by atoms with E-state index in [1.807, 2.05) is 0 Å². The van der Waals surface area contributed by atoms with Gasteiger partial charge in [0.2, 0.25) is 5.95 Å². The second-order valence-corrected chi connectivity index (χ2v) is 14.5. The van der Waals surface area contributed by atoms with Gasteiger partial charge in [0.15, 0.2) is 0 Å². The Balaban J connectivity index is 1.24. The molecule has 0 atom stereocenters. The lowest BCUT2D eigenvalue weighted by atomic mass is 9.91. The predicted molar refractivity (Wildman–Crippen MR) is 232 cm³/mol. The minimum atomic E-state index is 0.658. The molecule has 2 aromatic heterocycles. The third-order valence-corrected chi connectivity index (χ3v) is 11.5. The van der Waals surface area contributed by atoms with Crippen LogP contribution in [0.15, 0.2) is 188 Å². The van der Waals surface area contributed by atoms with Crippen molar-refractivity contribution in [1.29, 1.82) is 0 Å². The maximum absolute atomic E-state index is 5.55. The van der Waals surface area contributed by atoms with E-state index in [1.54, 1.807) is 0 Å². The zero-order valence-corrected chi connectivity index (χ0v) is 29.7. The summed E-state index contributed by atoms with van der Waals surface area (Å²) in [6.45, 7) is 0. The van der Waals surface area contributed by atoms with Gasteiger partial charge in [0.25, 0.3) is 0 Å². The van der Waals surface area contributed by atoms with Crippen LogP contribution in [0.1, 0.15) is 0 Å².